The van der Waals surface area contributed by atoms with Gasteiger partial charge in [-0.3, -0.25) is 9.29 Å². The van der Waals surface area contributed by atoms with Crippen molar-refractivity contribution in [2.45, 2.75) is 18.7 Å². The highest BCUT2D eigenvalue weighted by Crippen LogP contribution is 2.26. The maximum Gasteiger partial charge on any atom is 0.262 e. The zero-order valence-corrected chi connectivity index (χ0v) is 18.8. The molecule has 2 aromatic carbocycles. The molecule has 0 saturated carbocycles. The number of halogens is 1. The van der Waals surface area contributed by atoms with Crippen molar-refractivity contribution < 1.29 is 22.3 Å². The van der Waals surface area contributed by atoms with Crippen molar-refractivity contribution in [3.8, 4) is 23.2 Å². The number of rotatable bonds is 7. The Kier molecular flexibility index (Phi) is 5.97. The highest BCUT2D eigenvalue weighted by Gasteiger charge is 2.17. The van der Waals surface area contributed by atoms with Gasteiger partial charge < -0.3 is 9.47 Å². The van der Waals surface area contributed by atoms with Crippen LogP contribution >= 0.6 is 0 Å². The van der Waals surface area contributed by atoms with Crippen LogP contribution in [0.2, 0.25) is 0 Å². The molecule has 4 rings (SSSR count). The molecule has 170 valence electrons. The van der Waals surface area contributed by atoms with Gasteiger partial charge in [-0.25, -0.2) is 22.8 Å². The summed E-state index contributed by atoms with van der Waals surface area (Å²) in [6.45, 7) is 3.61. The van der Waals surface area contributed by atoms with E-state index in [4.69, 9.17) is 9.47 Å². The van der Waals surface area contributed by atoms with Crippen LogP contribution in [0.1, 0.15) is 11.6 Å². The molecule has 0 radical (unpaired) electrons. The van der Waals surface area contributed by atoms with E-state index >= 15 is 0 Å². The summed E-state index contributed by atoms with van der Waals surface area (Å²) in [4.78, 5) is 12.7. The van der Waals surface area contributed by atoms with E-state index in [2.05, 4.69) is 19.7 Å². The predicted molar refractivity (Wildman–Crippen MR) is 119 cm³/mol. The van der Waals surface area contributed by atoms with Gasteiger partial charge in [-0.2, -0.15) is 4.98 Å². The molecule has 11 heteroatoms. The standard InChI is InChI=1S/C22H20FN5O4S/c1-14-25-21(28-11-10-24-15(28)2)13-22(26-14)32-17-6-4-16(5-7-17)27-33(29,30)18-8-9-20(31-3)19(23)12-18/h4-13,27H,1-3H3. The lowest BCUT2D eigenvalue weighted by Gasteiger charge is -2.11. The van der Waals surface area contributed by atoms with Gasteiger partial charge >= 0.3 is 0 Å². The quantitative estimate of drug-likeness (QED) is 0.435. The van der Waals surface area contributed by atoms with E-state index < -0.39 is 15.8 Å². The third-order valence-electron chi connectivity index (χ3n) is 4.64. The van der Waals surface area contributed by atoms with Gasteiger partial charge in [0.2, 0.25) is 5.88 Å². The Bertz CT molecular complexity index is 1400. The number of benzene rings is 2. The van der Waals surface area contributed by atoms with E-state index in [0.29, 0.717) is 23.3 Å². The minimum atomic E-state index is -3.99. The van der Waals surface area contributed by atoms with Crippen LogP contribution in [0.3, 0.4) is 0 Å². The molecule has 0 fully saturated rings. The van der Waals surface area contributed by atoms with Crippen molar-refractivity contribution in [2.75, 3.05) is 11.8 Å². The van der Waals surface area contributed by atoms with Crippen molar-refractivity contribution in [3.05, 3.63) is 78.4 Å². The number of nitrogens with one attached hydrogen (secondary N) is 1. The molecule has 4 aromatic rings. The van der Waals surface area contributed by atoms with Crippen molar-refractivity contribution in [2.24, 2.45) is 0 Å². The summed E-state index contributed by atoms with van der Waals surface area (Å²) in [6.07, 6.45) is 3.46. The van der Waals surface area contributed by atoms with Gasteiger partial charge in [-0.05, 0) is 56.3 Å². The summed E-state index contributed by atoms with van der Waals surface area (Å²) in [7, 11) is -2.69. The second-order valence-electron chi connectivity index (χ2n) is 6.98. The van der Waals surface area contributed by atoms with Crippen LogP contribution in [0.5, 0.6) is 17.4 Å². The van der Waals surface area contributed by atoms with Gasteiger partial charge in [0.25, 0.3) is 10.0 Å². The molecular formula is C22H20FN5O4S. The molecule has 0 aliphatic carbocycles. The minimum Gasteiger partial charge on any atom is -0.494 e. The highest BCUT2D eigenvalue weighted by molar-refractivity contribution is 7.92. The van der Waals surface area contributed by atoms with Crippen LogP contribution in [-0.4, -0.2) is 35.0 Å². The summed E-state index contributed by atoms with van der Waals surface area (Å²) in [5.41, 5.74) is 0.284. The molecule has 0 aliphatic heterocycles. The van der Waals surface area contributed by atoms with Gasteiger partial charge in [-0.15, -0.1) is 0 Å². The van der Waals surface area contributed by atoms with Crippen molar-refractivity contribution in [1.29, 1.82) is 0 Å². The number of sulfonamides is 1. The molecule has 1 N–H and O–H groups in total. The molecule has 0 bridgehead atoms. The monoisotopic (exact) mass is 469 g/mol. The van der Waals surface area contributed by atoms with Gasteiger partial charge in [0.1, 0.15) is 23.2 Å². The van der Waals surface area contributed by atoms with Gasteiger partial charge in [0, 0.05) is 24.1 Å². The lowest BCUT2D eigenvalue weighted by molar-refractivity contribution is 0.385. The van der Waals surface area contributed by atoms with E-state index in [1.165, 1.54) is 31.4 Å². The lowest BCUT2D eigenvalue weighted by Crippen LogP contribution is -2.13. The Morgan fingerprint density at radius 3 is 2.42 bits per heavy atom. The third kappa shape index (κ3) is 4.93. The minimum absolute atomic E-state index is 0.0400. The first-order chi connectivity index (χ1) is 15.7. The number of ether oxygens (including phenoxy) is 2. The number of imidazole rings is 1. The number of nitrogens with zero attached hydrogens (tertiary/aromatic N) is 4. The number of hydrogen-bond acceptors (Lipinski definition) is 7. The average molecular weight is 469 g/mol. The highest BCUT2D eigenvalue weighted by atomic mass is 32.2. The molecule has 0 amide bonds. The molecule has 33 heavy (non-hydrogen) atoms. The van der Waals surface area contributed by atoms with Gasteiger partial charge in [-0.1, -0.05) is 0 Å². The van der Waals surface area contributed by atoms with Crippen LogP contribution in [0.25, 0.3) is 5.82 Å². The smallest absolute Gasteiger partial charge is 0.262 e. The van der Waals surface area contributed by atoms with Crippen LogP contribution in [0.15, 0.2) is 65.8 Å². The zero-order chi connectivity index (χ0) is 23.6. The number of aryl methyl sites for hydroxylation is 2. The SMILES string of the molecule is COc1ccc(S(=O)(=O)Nc2ccc(Oc3cc(-n4ccnc4C)nc(C)n3)cc2)cc1F. The first kappa shape index (κ1) is 22.2. The normalized spacial score (nSPS) is 11.3. The molecule has 0 spiro atoms. The number of anilines is 1. The largest absolute Gasteiger partial charge is 0.494 e. The fourth-order valence-electron chi connectivity index (χ4n) is 3.06. The summed E-state index contributed by atoms with van der Waals surface area (Å²) in [5.74, 6) is 1.87. The van der Waals surface area contributed by atoms with E-state index in [9.17, 15) is 12.8 Å². The average Bonchev–Trinajstić information content (AvgIpc) is 3.20. The topological polar surface area (TPSA) is 108 Å². The van der Waals surface area contributed by atoms with Gasteiger partial charge in [0.15, 0.2) is 11.6 Å². The second-order valence-corrected chi connectivity index (χ2v) is 8.67. The molecule has 2 aromatic heterocycles. The molecule has 0 atom stereocenters. The van der Waals surface area contributed by atoms with E-state index in [-0.39, 0.29) is 16.3 Å². The molecule has 9 nitrogen and oxygen atoms in total. The summed E-state index contributed by atoms with van der Waals surface area (Å²) in [5, 5.41) is 0. The van der Waals surface area contributed by atoms with E-state index in [0.717, 1.165) is 11.9 Å². The third-order valence-corrected chi connectivity index (χ3v) is 6.01. The van der Waals surface area contributed by atoms with Crippen LogP contribution in [-0.2, 0) is 10.0 Å². The predicted octanol–water partition coefficient (Wildman–Crippen LogP) is 4.02. The van der Waals surface area contributed by atoms with Crippen molar-refractivity contribution >= 4 is 15.7 Å². The molecule has 0 aliphatic rings. The number of methoxy groups -OCH3 is 1. The van der Waals surface area contributed by atoms with Crippen molar-refractivity contribution in [1.82, 2.24) is 19.5 Å². The fourth-order valence-corrected chi connectivity index (χ4v) is 4.13. The fraction of sp³-hybridized carbons (Fsp3) is 0.136. The maximum absolute atomic E-state index is 13.9. The number of hydrogen-bond donors (Lipinski definition) is 1. The lowest BCUT2D eigenvalue weighted by atomic mass is 10.3. The summed E-state index contributed by atoms with van der Waals surface area (Å²) >= 11 is 0. The second kappa shape index (κ2) is 8.87. The Balaban J connectivity index is 1.51. The first-order valence-electron chi connectivity index (χ1n) is 9.75. The van der Waals surface area contributed by atoms with Gasteiger partial charge in [0.05, 0.1) is 12.0 Å². The molecule has 0 unspecified atom stereocenters. The molecular weight excluding hydrogens is 449 g/mol. The van der Waals surface area contributed by atoms with E-state index in [1.807, 2.05) is 6.92 Å². The Labute approximate surface area is 189 Å². The Hall–Kier alpha value is -3.99. The van der Waals surface area contributed by atoms with Crippen LogP contribution in [0, 0.1) is 19.7 Å². The molecule has 0 saturated heterocycles. The first-order valence-corrected chi connectivity index (χ1v) is 11.2. The Morgan fingerprint density at radius 1 is 1.03 bits per heavy atom. The Morgan fingerprint density at radius 2 is 1.79 bits per heavy atom. The summed E-state index contributed by atoms with van der Waals surface area (Å²) < 4.78 is 53.9. The van der Waals surface area contributed by atoms with E-state index in [1.54, 1.807) is 42.1 Å². The number of aromatic nitrogens is 4. The van der Waals surface area contributed by atoms with Crippen LogP contribution in [0.4, 0.5) is 10.1 Å². The summed E-state index contributed by atoms with van der Waals surface area (Å²) in [6, 6.07) is 11.3. The maximum atomic E-state index is 13.9. The molecule has 2 heterocycles. The zero-order valence-electron chi connectivity index (χ0n) is 18.0. The van der Waals surface area contributed by atoms with Crippen LogP contribution < -0.4 is 14.2 Å². The van der Waals surface area contributed by atoms with Crippen molar-refractivity contribution in [3.63, 3.8) is 0 Å².